The van der Waals surface area contributed by atoms with Crippen molar-refractivity contribution in [2.75, 3.05) is 16.4 Å². The minimum absolute atomic E-state index is 0.0696. The third-order valence-corrected chi connectivity index (χ3v) is 5.71. The Hall–Kier alpha value is -2.78. The summed E-state index contributed by atoms with van der Waals surface area (Å²) in [5.41, 5.74) is 2.76. The molecule has 144 valence electrons. The van der Waals surface area contributed by atoms with Crippen LogP contribution in [0.15, 0.2) is 46.8 Å². The molecule has 0 atom stereocenters. The van der Waals surface area contributed by atoms with Crippen molar-refractivity contribution in [2.24, 2.45) is 0 Å². The number of carbonyl (C=O) groups is 2. The highest BCUT2D eigenvalue weighted by Gasteiger charge is 2.14. The predicted octanol–water partition coefficient (Wildman–Crippen LogP) is 4.28. The first-order valence-electron chi connectivity index (χ1n) is 8.31. The van der Waals surface area contributed by atoms with Gasteiger partial charge in [-0.3, -0.25) is 14.9 Å². The van der Waals surface area contributed by atoms with Gasteiger partial charge in [-0.25, -0.2) is 4.39 Å². The van der Waals surface area contributed by atoms with Crippen LogP contribution in [0.3, 0.4) is 0 Å². The number of benzene rings is 2. The molecule has 2 aromatic carbocycles. The smallest absolute Gasteiger partial charge is 0.260 e. The minimum Gasteiger partial charge on any atom is -0.325 e. The Labute approximate surface area is 169 Å². The SMILES string of the molecule is Cc1ccc(C)c(NC(=O)CSc2nnc(NC(=O)c3ccccc3F)s2)c1. The maximum atomic E-state index is 13.6. The standard InChI is InChI=1S/C19H17FN4O2S2/c1-11-7-8-12(2)15(9-11)21-16(25)10-27-19-24-23-18(28-19)22-17(26)13-5-3-4-6-14(13)20/h3-9H,10H2,1-2H3,(H,21,25)(H,22,23,26). The lowest BCUT2D eigenvalue weighted by Crippen LogP contribution is -2.14. The lowest BCUT2D eigenvalue weighted by atomic mass is 10.1. The zero-order valence-corrected chi connectivity index (χ0v) is 16.8. The monoisotopic (exact) mass is 416 g/mol. The molecule has 0 aliphatic carbocycles. The first kappa shape index (κ1) is 20.0. The Kier molecular flexibility index (Phi) is 6.37. The van der Waals surface area contributed by atoms with Crippen LogP contribution in [-0.2, 0) is 4.79 Å². The summed E-state index contributed by atoms with van der Waals surface area (Å²) in [4.78, 5) is 24.3. The maximum absolute atomic E-state index is 13.6. The number of amides is 2. The molecular formula is C19H17FN4O2S2. The molecular weight excluding hydrogens is 399 g/mol. The molecule has 0 fully saturated rings. The van der Waals surface area contributed by atoms with Crippen LogP contribution in [0.2, 0.25) is 0 Å². The van der Waals surface area contributed by atoms with Gasteiger partial charge in [0, 0.05) is 5.69 Å². The molecule has 0 saturated heterocycles. The van der Waals surface area contributed by atoms with E-state index in [1.807, 2.05) is 32.0 Å². The van der Waals surface area contributed by atoms with Gasteiger partial charge in [-0.05, 0) is 43.2 Å². The van der Waals surface area contributed by atoms with E-state index in [9.17, 15) is 14.0 Å². The van der Waals surface area contributed by atoms with Gasteiger partial charge in [-0.1, -0.05) is 47.4 Å². The first-order chi connectivity index (χ1) is 13.4. The van der Waals surface area contributed by atoms with Crippen LogP contribution in [0.1, 0.15) is 21.5 Å². The van der Waals surface area contributed by atoms with Crippen LogP contribution in [-0.4, -0.2) is 27.8 Å². The number of hydrogen-bond acceptors (Lipinski definition) is 6. The fourth-order valence-electron chi connectivity index (χ4n) is 2.31. The Balaban J connectivity index is 1.54. The van der Waals surface area contributed by atoms with Crippen molar-refractivity contribution in [3.05, 3.63) is 65.0 Å². The van der Waals surface area contributed by atoms with E-state index in [0.29, 0.717) is 4.34 Å². The first-order valence-corrected chi connectivity index (χ1v) is 10.1. The molecule has 0 aliphatic rings. The van der Waals surface area contributed by atoms with Gasteiger partial charge >= 0.3 is 0 Å². The van der Waals surface area contributed by atoms with Crippen molar-refractivity contribution in [3.8, 4) is 0 Å². The van der Waals surface area contributed by atoms with Crippen molar-refractivity contribution in [2.45, 2.75) is 18.2 Å². The lowest BCUT2D eigenvalue weighted by molar-refractivity contribution is -0.113. The van der Waals surface area contributed by atoms with Gasteiger partial charge in [0.25, 0.3) is 5.91 Å². The number of rotatable bonds is 6. The molecule has 0 spiro atoms. The Morgan fingerprint density at radius 1 is 1.11 bits per heavy atom. The number of aryl methyl sites for hydroxylation is 2. The molecule has 9 heteroatoms. The fourth-order valence-corrected chi connectivity index (χ4v) is 3.86. The molecule has 0 radical (unpaired) electrons. The Bertz CT molecular complexity index is 1020. The second kappa shape index (κ2) is 8.94. The summed E-state index contributed by atoms with van der Waals surface area (Å²) in [6.45, 7) is 3.89. The van der Waals surface area contributed by atoms with Crippen molar-refractivity contribution in [3.63, 3.8) is 0 Å². The summed E-state index contributed by atoms with van der Waals surface area (Å²) in [6, 6.07) is 11.5. The topological polar surface area (TPSA) is 84.0 Å². The third-order valence-electron chi connectivity index (χ3n) is 3.74. The quantitative estimate of drug-likeness (QED) is 0.463. The van der Waals surface area contributed by atoms with E-state index in [4.69, 9.17) is 0 Å². The highest BCUT2D eigenvalue weighted by atomic mass is 32.2. The van der Waals surface area contributed by atoms with Crippen LogP contribution in [0.5, 0.6) is 0 Å². The van der Waals surface area contributed by atoms with Gasteiger partial charge in [0.1, 0.15) is 5.82 Å². The van der Waals surface area contributed by atoms with E-state index in [1.165, 1.54) is 30.0 Å². The summed E-state index contributed by atoms with van der Waals surface area (Å²) in [5.74, 6) is -1.21. The van der Waals surface area contributed by atoms with E-state index in [0.717, 1.165) is 28.2 Å². The average Bonchev–Trinajstić information content (AvgIpc) is 3.10. The molecule has 28 heavy (non-hydrogen) atoms. The molecule has 3 aromatic rings. The largest absolute Gasteiger partial charge is 0.325 e. The third kappa shape index (κ3) is 5.14. The number of thioether (sulfide) groups is 1. The van der Waals surface area contributed by atoms with Crippen molar-refractivity contribution >= 4 is 45.7 Å². The van der Waals surface area contributed by atoms with Crippen molar-refractivity contribution < 1.29 is 14.0 Å². The summed E-state index contributed by atoms with van der Waals surface area (Å²) in [5, 5.41) is 13.4. The lowest BCUT2D eigenvalue weighted by Gasteiger charge is -2.08. The van der Waals surface area contributed by atoms with Gasteiger partial charge in [0.05, 0.1) is 11.3 Å². The van der Waals surface area contributed by atoms with E-state index in [-0.39, 0.29) is 22.4 Å². The molecule has 6 nitrogen and oxygen atoms in total. The van der Waals surface area contributed by atoms with Gasteiger partial charge < -0.3 is 5.32 Å². The van der Waals surface area contributed by atoms with Crippen molar-refractivity contribution in [1.29, 1.82) is 0 Å². The van der Waals surface area contributed by atoms with Gasteiger partial charge in [0.15, 0.2) is 4.34 Å². The molecule has 3 rings (SSSR count). The summed E-state index contributed by atoms with van der Waals surface area (Å²) < 4.78 is 14.2. The zero-order chi connectivity index (χ0) is 20.1. The molecule has 2 N–H and O–H groups in total. The van der Waals surface area contributed by atoms with Gasteiger partial charge in [0.2, 0.25) is 11.0 Å². The van der Waals surface area contributed by atoms with Crippen LogP contribution >= 0.6 is 23.1 Å². The summed E-state index contributed by atoms with van der Waals surface area (Å²) in [6.07, 6.45) is 0. The van der Waals surface area contributed by atoms with Crippen LogP contribution in [0, 0.1) is 19.7 Å². The number of halogens is 1. The molecule has 0 saturated carbocycles. The van der Waals surface area contributed by atoms with Crippen LogP contribution in [0.4, 0.5) is 15.2 Å². The van der Waals surface area contributed by atoms with E-state index >= 15 is 0 Å². The maximum Gasteiger partial charge on any atom is 0.260 e. The van der Waals surface area contributed by atoms with Crippen LogP contribution < -0.4 is 10.6 Å². The predicted molar refractivity (Wildman–Crippen MR) is 110 cm³/mol. The average molecular weight is 417 g/mol. The summed E-state index contributed by atoms with van der Waals surface area (Å²) in [7, 11) is 0. The highest BCUT2D eigenvalue weighted by Crippen LogP contribution is 2.26. The molecule has 2 amide bonds. The normalized spacial score (nSPS) is 10.5. The second-order valence-electron chi connectivity index (χ2n) is 5.96. The van der Waals surface area contributed by atoms with E-state index < -0.39 is 11.7 Å². The highest BCUT2D eigenvalue weighted by molar-refractivity contribution is 8.01. The Morgan fingerprint density at radius 3 is 2.68 bits per heavy atom. The minimum atomic E-state index is -0.609. The Morgan fingerprint density at radius 2 is 1.89 bits per heavy atom. The van der Waals surface area contributed by atoms with Crippen molar-refractivity contribution in [1.82, 2.24) is 10.2 Å². The number of carbonyl (C=O) groups excluding carboxylic acids is 2. The van der Waals surface area contributed by atoms with E-state index in [2.05, 4.69) is 20.8 Å². The number of aromatic nitrogens is 2. The fraction of sp³-hybridized carbons (Fsp3) is 0.158. The zero-order valence-electron chi connectivity index (χ0n) is 15.2. The molecule has 1 aromatic heterocycles. The van der Waals surface area contributed by atoms with Crippen LogP contribution in [0.25, 0.3) is 0 Å². The number of anilines is 2. The van der Waals surface area contributed by atoms with Gasteiger partial charge in [-0.2, -0.15) is 0 Å². The molecule has 0 aliphatic heterocycles. The molecule has 0 bridgehead atoms. The number of nitrogens with zero attached hydrogens (tertiary/aromatic N) is 2. The van der Waals surface area contributed by atoms with Gasteiger partial charge in [-0.15, -0.1) is 10.2 Å². The second-order valence-corrected chi connectivity index (χ2v) is 8.16. The van der Waals surface area contributed by atoms with E-state index in [1.54, 1.807) is 6.07 Å². The molecule has 1 heterocycles. The number of nitrogens with one attached hydrogen (secondary N) is 2. The summed E-state index contributed by atoms with van der Waals surface area (Å²) >= 11 is 2.33. The molecule has 0 unspecified atom stereocenters. The number of hydrogen-bond donors (Lipinski definition) is 2.